The Hall–Kier alpha value is -1.95. The van der Waals surface area contributed by atoms with Crippen molar-refractivity contribution < 1.29 is 17.5 Å². The van der Waals surface area contributed by atoms with Crippen molar-refractivity contribution in [3.63, 3.8) is 0 Å². The summed E-state index contributed by atoms with van der Waals surface area (Å²) < 4.78 is 31.8. The molecule has 0 heterocycles. The van der Waals surface area contributed by atoms with Crippen molar-refractivity contribution in [1.82, 2.24) is 0 Å². The quantitative estimate of drug-likeness (QED) is 0.480. The van der Waals surface area contributed by atoms with Gasteiger partial charge in [-0.15, -0.1) is 0 Å². The van der Waals surface area contributed by atoms with E-state index in [4.69, 9.17) is 0 Å². The minimum Gasteiger partial charge on any atom is -0.744 e. The third kappa shape index (κ3) is 7.74. The summed E-state index contributed by atoms with van der Waals surface area (Å²) >= 11 is 0. The first-order valence-electron chi connectivity index (χ1n) is 7.22. The second-order valence-electron chi connectivity index (χ2n) is 5.82. The van der Waals surface area contributed by atoms with E-state index in [0.29, 0.717) is 0 Å². The van der Waals surface area contributed by atoms with Crippen LogP contribution in [0.25, 0.3) is 0 Å². The molecule has 0 saturated carbocycles. The van der Waals surface area contributed by atoms with Gasteiger partial charge in [0.25, 0.3) is 0 Å². The third-order valence-corrected chi connectivity index (χ3v) is 3.96. The SMILES string of the molecule is C=CC[N+](C)(C)Cc1ccccc1.O=S(=O)([O-])c1ccccc1. The predicted molar refractivity (Wildman–Crippen MR) is 91.7 cm³/mol. The van der Waals surface area contributed by atoms with E-state index >= 15 is 0 Å². The van der Waals surface area contributed by atoms with Crippen LogP contribution in [0, 0.1) is 0 Å². The number of quaternary nitrogens is 1. The van der Waals surface area contributed by atoms with E-state index in [0.717, 1.165) is 17.6 Å². The Balaban J connectivity index is 0.000000238. The molecule has 0 saturated heterocycles. The van der Waals surface area contributed by atoms with Gasteiger partial charge >= 0.3 is 0 Å². The molecule has 0 aliphatic rings. The predicted octanol–water partition coefficient (Wildman–Crippen LogP) is 3.04. The molecular formula is C18H23NO3S. The summed E-state index contributed by atoms with van der Waals surface area (Å²) in [5.41, 5.74) is 1.38. The highest BCUT2D eigenvalue weighted by Crippen LogP contribution is 2.08. The maximum Gasteiger partial charge on any atom is 0.124 e. The summed E-state index contributed by atoms with van der Waals surface area (Å²) in [7, 11) is 0.181. The number of hydrogen-bond acceptors (Lipinski definition) is 3. The fourth-order valence-corrected chi connectivity index (χ4v) is 2.57. The number of hydrogen-bond donors (Lipinski definition) is 0. The van der Waals surface area contributed by atoms with E-state index < -0.39 is 10.1 Å². The molecule has 0 unspecified atom stereocenters. The van der Waals surface area contributed by atoms with Crippen LogP contribution < -0.4 is 0 Å². The van der Waals surface area contributed by atoms with Crippen molar-refractivity contribution in [2.45, 2.75) is 11.4 Å². The van der Waals surface area contributed by atoms with Crippen molar-refractivity contribution in [3.8, 4) is 0 Å². The standard InChI is InChI=1S/C12H18N.C6H6O3S/c1-4-10-13(2,3)11-12-8-6-5-7-9-12;7-10(8,9)6-4-2-1-3-5-6/h4-9H,1,10-11H2,2-3H3;1-5H,(H,7,8,9)/q+1;/p-1. The first-order valence-corrected chi connectivity index (χ1v) is 8.63. The van der Waals surface area contributed by atoms with E-state index in [1.165, 1.54) is 29.8 Å². The van der Waals surface area contributed by atoms with Crippen molar-refractivity contribution in [3.05, 3.63) is 78.9 Å². The van der Waals surface area contributed by atoms with Crippen molar-refractivity contribution in [1.29, 1.82) is 0 Å². The monoisotopic (exact) mass is 333 g/mol. The van der Waals surface area contributed by atoms with E-state index in [2.05, 4.69) is 51.0 Å². The molecule has 0 spiro atoms. The molecule has 4 nitrogen and oxygen atoms in total. The zero-order chi connectivity index (χ0) is 17.3. The molecule has 0 fully saturated rings. The molecular weight excluding hydrogens is 310 g/mol. The fraction of sp³-hybridized carbons (Fsp3) is 0.222. The van der Waals surface area contributed by atoms with Crippen molar-refractivity contribution >= 4 is 10.1 Å². The van der Waals surface area contributed by atoms with Crippen LogP contribution in [0.2, 0.25) is 0 Å². The molecule has 0 radical (unpaired) electrons. The van der Waals surface area contributed by atoms with Gasteiger partial charge < -0.3 is 9.04 Å². The van der Waals surface area contributed by atoms with Gasteiger partial charge in [0.2, 0.25) is 0 Å². The van der Waals surface area contributed by atoms with Crippen LogP contribution in [0.1, 0.15) is 5.56 Å². The fourth-order valence-electron chi connectivity index (χ4n) is 2.08. The first kappa shape index (κ1) is 19.1. The van der Waals surface area contributed by atoms with Crippen LogP contribution in [-0.2, 0) is 16.7 Å². The summed E-state index contributed by atoms with van der Waals surface area (Å²) in [5, 5.41) is 0. The van der Waals surface area contributed by atoms with Gasteiger partial charge in [-0.05, 0) is 18.2 Å². The lowest BCUT2D eigenvalue weighted by molar-refractivity contribution is -0.897. The molecule has 23 heavy (non-hydrogen) atoms. The van der Waals surface area contributed by atoms with Gasteiger partial charge in [0, 0.05) is 5.56 Å². The second-order valence-corrected chi connectivity index (χ2v) is 7.20. The average molecular weight is 333 g/mol. The van der Waals surface area contributed by atoms with Crippen LogP contribution in [0.4, 0.5) is 0 Å². The van der Waals surface area contributed by atoms with Crippen LogP contribution in [0.15, 0.2) is 78.2 Å². The lowest BCUT2D eigenvalue weighted by Crippen LogP contribution is -2.38. The maximum atomic E-state index is 10.3. The zero-order valence-electron chi connectivity index (χ0n) is 13.6. The lowest BCUT2D eigenvalue weighted by atomic mass is 10.2. The number of nitrogens with zero attached hydrogens (tertiary/aromatic N) is 1. The minimum absolute atomic E-state index is 0.185. The Kier molecular flexibility index (Phi) is 7.16. The molecule has 2 rings (SSSR count). The van der Waals surface area contributed by atoms with E-state index in [1.807, 2.05) is 6.08 Å². The highest BCUT2D eigenvalue weighted by molar-refractivity contribution is 7.85. The summed E-state index contributed by atoms with van der Waals surface area (Å²) in [4.78, 5) is -0.185. The zero-order valence-corrected chi connectivity index (χ0v) is 14.4. The van der Waals surface area contributed by atoms with Gasteiger partial charge in [0.05, 0.1) is 25.5 Å². The maximum absolute atomic E-state index is 10.3. The summed E-state index contributed by atoms with van der Waals surface area (Å²) in [6, 6.07) is 17.8. The molecule has 0 aliphatic heterocycles. The van der Waals surface area contributed by atoms with Crippen LogP contribution >= 0.6 is 0 Å². The second kappa shape index (κ2) is 8.62. The molecule has 0 aromatic heterocycles. The molecule has 5 heteroatoms. The normalized spacial score (nSPS) is 11.3. The molecule has 0 bridgehead atoms. The lowest BCUT2D eigenvalue weighted by Gasteiger charge is -2.28. The van der Waals surface area contributed by atoms with Gasteiger partial charge in [0.1, 0.15) is 16.7 Å². The van der Waals surface area contributed by atoms with Gasteiger partial charge in [-0.2, -0.15) is 0 Å². The van der Waals surface area contributed by atoms with E-state index in [-0.39, 0.29) is 4.90 Å². The van der Waals surface area contributed by atoms with E-state index in [1.54, 1.807) is 6.07 Å². The first-order chi connectivity index (χ1) is 10.7. The molecule has 2 aromatic carbocycles. The minimum atomic E-state index is -4.25. The smallest absolute Gasteiger partial charge is 0.124 e. The topological polar surface area (TPSA) is 57.2 Å². The summed E-state index contributed by atoms with van der Waals surface area (Å²) in [5.74, 6) is 0. The Labute approximate surface area is 139 Å². The average Bonchev–Trinajstić information content (AvgIpc) is 2.48. The highest BCUT2D eigenvalue weighted by Gasteiger charge is 2.12. The molecule has 0 aliphatic carbocycles. The van der Waals surface area contributed by atoms with Gasteiger partial charge in [-0.25, -0.2) is 8.42 Å². The Morgan fingerprint density at radius 2 is 1.48 bits per heavy atom. The number of rotatable bonds is 5. The van der Waals surface area contributed by atoms with Gasteiger partial charge in [-0.3, -0.25) is 0 Å². The van der Waals surface area contributed by atoms with Crippen molar-refractivity contribution in [2.24, 2.45) is 0 Å². The largest absolute Gasteiger partial charge is 0.744 e. The number of likely N-dealkylation sites (N-methyl/N-ethyl adjacent to an activating group) is 1. The van der Waals surface area contributed by atoms with Gasteiger partial charge in [0.15, 0.2) is 0 Å². The Morgan fingerprint density at radius 3 is 1.87 bits per heavy atom. The van der Waals surface area contributed by atoms with Crippen molar-refractivity contribution in [2.75, 3.05) is 20.6 Å². The van der Waals surface area contributed by atoms with Crippen LogP contribution in [-0.4, -0.2) is 38.1 Å². The number of benzene rings is 2. The van der Waals surface area contributed by atoms with Crippen LogP contribution in [0.3, 0.4) is 0 Å². The Bertz CT molecular complexity index is 696. The highest BCUT2D eigenvalue weighted by atomic mass is 32.2. The molecule has 2 aromatic rings. The molecule has 124 valence electrons. The molecule has 0 amide bonds. The summed E-state index contributed by atoms with van der Waals surface area (Å²) in [6.07, 6.45) is 1.98. The third-order valence-electron chi connectivity index (χ3n) is 3.11. The molecule has 0 N–H and O–H groups in total. The summed E-state index contributed by atoms with van der Waals surface area (Å²) in [6.45, 7) is 5.84. The van der Waals surface area contributed by atoms with Gasteiger partial charge in [-0.1, -0.05) is 55.1 Å². The van der Waals surface area contributed by atoms with Crippen LogP contribution in [0.5, 0.6) is 0 Å². The Morgan fingerprint density at radius 1 is 1.00 bits per heavy atom. The molecule has 0 atom stereocenters. The van der Waals surface area contributed by atoms with E-state index in [9.17, 15) is 13.0 Å².